The first-order valence-corrected chi connectivity index (χ1v) is 9.31. The highest BCUT2D eigenvalue weighted by Gasteiger charge is 2.31. The highest BCUT2D eigenvalue weighted by Crippen LogP contribution is 2.30. The van der Waals surface area contributed by atoms with Crippen molar-refractivity contribution in [2.75, 3.05) is 31.5 Å². The maximum absolute atomic E-state index is 12.6. The molecule has 0 bridgehead atoms. The number of piperidine rings is 1. The minimum absolute atomic E-state index is 0.176. The predicted octanol–water partition coefficient (Wildman–Crippen LogP) is 3.59. The van der Waals surface area contributed by atoms with E-state index in [1.807, 2.05) is 6.92 Å². The van der Waals surface area contributed by atoms with Crippen LogP contribution in [0.1, 0.15) is 38.2 Å². The molecule has 1 N–H and O–H groups in total. The molecule has 26 heavy (non-hydrogen) atoms. The summed E-state index contributed by atoms with van der Waals surface area (Å²) in [7, 11) is 0. The van der Waals surface area contributed by atoms with E-state index >= 15 is 0 Å². The Balaban J connectivity index is 1.50. The van der Waals surface area contributed by atoms with Gasteiger partial charge in [-0.05, 0) is 70.0 Å². The molecular weight excluding hydrogens is 343 g/mol. The largest absolute Gasteiger partial charge is 0.416 e. The molecule has 1 aromatic rings. The molecule has 1 unspecified atom stereocenters. The highest BCUT2D eigenvalue weighted by atomic mass is 19.4. The van der Waals surface area contributed by atoms with Gasteiger partial charge in [-0.1, -0.05) is 0 Å². The first-order valence-electron chi connectivity index (χ1n) is 9.31. The van der Waals surface area contributed by atoms with E-state index in [9.17, 15) is 18.0 Å². The normalized spacial score (nSPS) is 21.7. The van der Waals surface area contributed by atoms with E-state index in [0.717, 1.165) is 38.1 Å². The van der Waals surface area contributed by atoms with Crippen LogP contribution in [0.4, 0.5) is 18.9 Å². The lowest BCUT2D eigenvalue weighted by Gasteiger charge is -2.38. The molecule has 2 saturated heterocycles. The monoisotopic (exact) mass is 369 g/mol. The summed E-state index contributed by atoms with van der Waals surface area (Å²) in [6.07, 6.45) is 0.337. The third-order valence-electron chi connectivity index (χ3n) is 5.56. The van der Waals surface area contributed by atoms with Crippen LogP contribution in [0.25, 0.3) is 0 Å². The van der Waals surface area contributed by atoms with Crippen molar-refractivity contribution in [1.82, 2.24) is 9.80 Å². The quantitative estimate of drug-likeness (QED) is 0.881. The van der Waals surface area contributed by atoms with Gasteiger partial charge in [-0.3, -0.25) is 9.69 Å². The zero-order chi connectivity index (χ0) is 18.7. The molecule has 0 aliphatic carbocycles. The predicted molar refractivity (Wildman–Crippen MR) is 94.9 cm³/mol. The Morgan fingerprint density at radius 2 is 1.65 bits per heavy atom. The van der Waals surface area contributed by atoms with Gasteiger partial charge in [0.2, 0.25) is 5.91 Å². The minimum atomic E-state index is -4.37. The van der Waals surface area contributed by atoms with Gasteiger partial charge in [-0.2, -0.15) is 13.2 Å². The number of carbonyl (C=O) groups is 1. The Kier molecular flexibility index (Phi) is 5.87. The maximum atomic E-state index is 12.6. The molecule has 2 aliphatic rings. The van der Waals surface area contributed by atoms with Gasteiger partial charge in [-0.25, -0.2) is 0 Å². The van der Waals surface area contributed by atoms with Crippen LogP contribution in [-0.4, -0.2) is 54.0 Å². The maximum Gasteiger partial charge on any atom is 0.416 e. The van der Waals surface area contributed by atoms with E-state index in [4.69, 9.17) is 0 Å². The molecular formula is C19H26F3N3O. The van der Waals surface area contributed by atoms with Crippen molar-refractivity contribution >= 4 is 11.6 Å². The van der Waals surface area contributed by atoms with Crippen molar-refractivity contribution in [3.05, 3.63) is 29.8 Å². The summed E-state index contributed by atoms with van der Waals surface area (Å²) in [6.45, 7) is 5.99. The molecule has 2 fully saturated rings. The average molecular weight is 369 g/mol. The van der Waals surface area contributed by atoms with Crippen molar-refractivity contribution in [3.8, 4) is 0 Å². The van der Waals surface area contributed by atoms with Crippen LogP contribution in [0.3, 0.4) is 0 Å². The van der Waals surface area contributed by atoms with Crippen LogP contribution in [0.15, 0.2) is 24.3 Å². The molecule has 1 aromatic carbocycles. The number of halogens is 3. The lowest BCUT2D eigenvalue weighted by atomic mass is 10.0. The molecule has 4 nitrogen and oxygen atoms in total. The summed E-state index contributed by atoms with van der Waals surface area (Å²) in [4.78, 5) is 17.2. The van der Waals surface area contributed by atoms with Gasteiger partial charge in [-0.15, -0.1) is 0 Å². The third kappa shape index (κ3) is 4.57. The Hall–Kier alpha value is -1.60. The van der Waals surface area contributed by atoms with Crippen LogP contribution in [0.5, 0.6) is 0 Å². The van der Waals surface area contributed by atoms with Crippen LogP contribution in [0, 0.1) is 0 Å². The van der Waals surface area contributed by atoms with Crippen molar-refractivity contribution in [1.29, 1.82) is 0 Å². The Labute approximate surface area is 152 Å². The molecule has 0 radical (unpaired) electrons. The third-order valence-corrected chi connectivity index (χ3v) is 5.56. The van der Waals surface area contributed by atoms with Crippen LogP contribution in [0.2, 0.25) is 0 Å². The van der Waals surface area contributed by atoms with Gasteiger partial charge in [0.15, 0.2) is 0 Å². The van der Waals surface area contributed by atoms with E-state index < -0.39 is 11.7 Å². The Morgan fingerprint density at radius 1 is 1.08 bits per heavy atom. The van der Waals surface area contributed by atoms with E-state index in [-0.39, 0.29) is 11.9 Å². The van der Waals surface area contributed by atoms with E-state index in [1.54, 1.807) is 0 Å². The standard InChI is InChI=1S/C19H26F3N3O/c1-14(24-12-8-17(9-13-24)25-10-2-3-11-25)18(26)23-16-6-4-15(5-7-16)19(20,21)22/h4-7,14,17H,2-3,8-13H2,1H3,(H,23,26). The second-order valence-corrected chi connectivity index (χ2v) is 7.25. The summed E-state index contributed by atoms with van der Waals surface area (Å²) in [5.74, 6) is -0.176. The van der Waals surface area contributed by atoms with Gasteiger partial charge in [0.25, 0.3) is 0 Å². The fourth-order valence-electron chi connectivity index (χ4n) is 3.90. The number of alkyl halides is 3. The fraction of sp³-hybridized carbons (Fsp3) is 0.632. The molecule has 2 heterocycles. The van der Waals surface area contributed by atoms with E-state index in [1.165, 1.54) is 38.1 Å². The van der Waals surface area contributed by atoms with Crippen LogP contribution >= 0.6 is 0 Å². The topological polar surface area (TPSA) is 35.6 Å². The molecule has 0 aromatic heterocycles. The van der Waals surface area contributed by atoms with Crippen molar-refractivity contribution in [2.24, 2.45) is 0 Å². The van der Waals surface area contributed by atoms with Crippen LogP contribution in [-0.2, 0) is 11.0 Å². The number of hydrogen-bond acceptors (Lipinski definition) is 3. The lowest BCUT2D eigenvalue weighted by Crippen LogP contribution is -2.50. The Morgan fingerprint density at radius 3 is 2.19 bits per heavy atom. The highest BCUT2D eigenvalue weighted by molar-refractivity contribution is 5.94. The van der Waals surface area contributed by atoms with Crippen molar-refractivity contribution in [3.63, 3.8) is 0 Å². The molecule has 7 heteroatoms. The van der Waals surface area contributed by atoms with Crippen LogP contribution < -0.4 is 5.32 Å². The smallest absolute Gasteiger partial charge is 0.325 e. The molecule has 3 rings (SSSR count). The summed E-state index contributed by atoms with van der Waals surface area (Å²) in [5.41, 5.74) is -0.325. The van der Waals surface area contributed by atoms with E-state index in [2.05, 4.69) is 15.1 Å². The lowest BCUT2D eigenvalue weighted by molar-refractivity contribution is -0.137. The van der Waals surface area contributed by atoms with Gasteiger partial charge in [0.05, 0.1) is 11.6 Å². The summed E-state index contributed by atoms with van der Waals surface area (Å²) < 4.78 is 37.8. The Bertz CT molecular complexity index is 603. The minimum Gasteiger partial charge on any atom is -0.325 e. The number of likely N-dealkylation sites (tertiary alicyclic amines) is 2. The molecule has 2 aliphatic heterocycles. The molecule has 0 spiro atoms. The number of hydrogen-bond donors (Lipinski definition) is 1. The fourth-order valence-corrected chi connectivity index (χ4v) is 3.90. The molecule has 0 saturated carbocycles. The van der Waals surface area contributed by atoms with Gasteiger partial charge in [0, 0.05) is 24.8 Å². The second-order valence-electron chi connectivity index (χ2n) is 7.25. The molecule has 144 valence electrons. The SMILES string of the molecule is CC(C(=O)Nc1ccc(C(F)(F)F)cc1)N1CCC(N2CCCC2)CC1. The molecule has 1 amide bonds. The van der Waals surface area contributed by atoms with Crippen molar-refractivity contribution < 1.29 is 18.0 Å². The first-order chi connectivity index (χ1) is 12.3. The van der Waals surface area contributed by atoms with E-state index in [0.29, 0.717) is 11.7 Å². The number of anilines is 1. The summed E-state index contributed by atoms with van der Waals surface area (Å²) >= 11 is 0. The first kappa shape index (κ1) is 19.2. The number of nitrogens with one attached hydrogen (secondary N) is 1. The van der Waals surface area contributed by atoms with Gasteiger partial charge in [0.1, 0.15) is 0 Å². The number of nitrogens with zero attached hydrogens (tertiary/aromatic N) is 2. The van der Waals surface area contributed by atoms with Gasteiger partial charge >= 0.3 is 6.18 Å². The summed E-state index contributed by atoms with van der Waals surface area (Å²) in [5, 5.41) is 2.73. The average Bonchev–Trinajstić information content (AvgIpc) is 3.15. The number of carbonyl (C=O) groups excluding carboxylic acids is 1. The summed E-state index contributed by atoms with van der Waals surface area (Å²) in [6, 6.07) is 4.90. The molecule has 1 atom stereocenters. The number of rotatable bonds is 4. The van der Waals surface area contributed by atoms with Crippen molar-refractivity contribution in [2.45, 2.75) is 50.9 Å². The zero-order valence-corrected chi connectivity index (χ0v) is 15.1. The number of benzene rings is 1. The zero-order valence-electron chi connectivity index (χ0n) is 15.1. The second kappa shape index (κ2) is 7.96. The van der Waals surface area contributed by atoms with Gasteiger partial charge < -0.3 is 10.2 Å². The number of amides is 1.